The van der Waals surface area contributed by atoms with Gasteiger partial charge >= 0.3 is 0 Å². The molecule has 2 amide bonds. The van der Waals surface area contributed by atoms with Gasteiger partial charge in [0.2, 0.25) is 11.8 Å². The smallest absolute Gasteiger partial charge is 0.224 e. The van der Waals surface area contributed by atoms with Gasteiger partial charge < -0.3 is 16.0 Å². The summed E-state index contributed by atoms with van der Waals surface area (Å²) in [6, 6.07) is 4.97. The van der Waals surface area contributed by atoms with E-state index in [4.69, 9.17) is 17.3 Å². The molecule has 6 heteroatoms. The van der Waals surface area contributed by atoms with Crippen molar-refractivity contribution in [2.45, 2.75) is 26.2 Å². The van der Waals surface area contributed by atoms with Crippen molar-refractivity contribution in [2.24, 2.45) is 5.92 Å². The Balaban J connectivity index is 1.76. The Bertz CT molecular complexity index is 548. The van der Waals surface area contributed by atoms with E-state index in [-0.39, 0.29) is 11.8 Å². The van der Waals surface area contributed by atoms with Crippen LogP contribution >= 0.6 is 11.6 Å². The van der Waals surface area contributed by atoms with Crippen molar-refractivity contribution in [1.82, 2.24) is 4.90 Å². The Morgan fingerprint density at radius 1 is 1.52 bits per heavy atom. The number of carbonyl (C=O) groups excluding carboxylic acids is 2. The molecule has 1 aliphatic heterocycles. The number of amides is 2. The Hall–Kier alpha value is -1.75. The predicted molar refractivity (Wildman–Crippen MR) is 84.1 cm³/mol. The number of nitrogens with one attached hydrogen (secondary N) is 1. The lowest BCUT2D eigenvalue weighted by atomic mass is 10.2. The first-order valence-electron chi connectivity index (χ1n) is 7.08. The highest BCUT2D eigenvalue weighted by atomic mass is 35.5. The Morgan fingerprint density at radius 2 is 2.29 bits per heavy atom. The van der Waals surface area contributed by atoms with Gasteiger partial charge in [-0.15, -0.1) is 0 Å². The Kier molecular flexibility index (Phi) is 5.07. The van der Waals surface area contributed by atoms with Gasteiger partial charge in [0, 0.05) is 31.6 Å². The first kappa shape index (κ1) is 15.6. The lowest BCUT2D eigenvalue weighted by Crippen LogP contribution is -2.27. The average molecular weight is 310 g/mol. The van der Waals surface area contributed by atoms with E-state index in [1.807, 2.05) is 4.90 Å². The predicted octanol–water partition coefficient (Wildman–Crippen LogP) is 2.51. The first-order chi connectivity index (χ1) is 9.95. The minimum absolute atomic E-state index is 0.110. The van der Waals surface area contributed by atoms with Crippen LogP contribution in [0, 0.1) is 5.92 Å². The van der Waals surface area contributed by atoms with E-state index < -0.39 is 0 Å². The van der Waals surface area contributed by atoms with Crippen LogP contribution in [0.3, 0.4) is 0 Å². The summed E-state index contributed by atoms with van der Waals surface area (Å²) in [5, 5.41) is 3.18. The number of likely N-dealkylation sites (tertiary alicyclic amines) is 1. The van der Waals surface area contributed by atoms with Crippen LogP contribution in [0.15, 0.2) is 18.2 Å². The molecule has 1 aromatic rings. The van der Waals surface area contributed by atoms with Gasteiger partial charge in [-0.25, -0.2) is 0 Å². The number of nitrogens with two attached hydrogens (primary N) is 1. The van der Waals surface area contributed by atoms with E-state index in [0.717, 1.165) is 6.54 Å². The molecular formula is C15H20ClN3O2. The molecule has 1 saturated heterocycles. The number of hydrogen-bond acceptors (Lipinski definition) is 3. The van der Waals surface area contributed by atoms with Crippen LogP contribution in [0.2, 0.25) is 5.02 Å². The highest BCUT2D eigenvalue weighted by molar-refractivity contribution is 6.34. The number of carbonyl (C=O) groups is 2. The SMILES string of the molecule is CC1CC(=O)N(CCCC(=O)Nc2ccc(N)cc2Cl)C1. The quantitative estimate of drug-likeness (QED) is 0.821. The van der Waals surface area contributed by atoms with Crippen molar-refractivity contribution in [3.8, 4) is 0 Å². The van der Waals surface area contributed by atoms with Gasteiger partial charge in [0.1, 0.15) is 0 Å². The summed E-state index contributed by atoms with van der Waals surface area (Å²) < 4.78 is 0. The summed E-state index contributed by atoms with van der Waals surface area (Å²) in [7, 11) is 0. The zero-order valence-corrected chi connectivity index (χ0v) is 12.8. The molecule has 0 bridgehead atoms. The second-order valence-corrected chi connectivity index (χ2v) is 5.95. The first-order valence-corrected chi connectivity index (χ1v) is 7.46. The molecule has 0 aliphatic carbocycles. The number of hydrogen-bond donors (Lipinski definition) is 2. The zero-order valence-electron chi connectivity index (χ0n) is 12.1. The van der Waals surface area contributed by atoms with Crippen LogP contribution in [-0.2, 0) is 9.59 Å². The topological polar surface area (TPSA) is 75.4 Å². The highest BCUT2D eigenvalue weighted by Gasteiger charge is 2.25. The molecule has 5 nitrogen and oxygen atoms in total. The maximum atomic E-state index is 11.9. The number of benzene rings is 1. The van der Waals surface area contributed by atoms with Crippen LogP contribution in [0.4, 0.5) is 11.4 Å². The van der Waals surface area contributed by atoms with Gasteiger partial charge in [-0.1, -0.05) is 18.5 Å². The molecular weight excluding hydrogens is 290 g/mol. The molecule has 1 atom stereocenters. The van der Waals surface area contributed by atoms with Crippen molar-refractivity contribution in [2.75, 3.05) is 24.1 Å². The van der Waals surface area contributed by atoms with Crippen LogP contribution in [0.5, 0.6) is 0 Å². The molecule has 1 fully saturated rings. The van der Waals surface area contributed by atoms with E-state index in [1.165, 1.54) is 0 Å². The van der Waals surface area contributed by atoms with Gasteiger partial charge in [-0.05, 0) is 30.5 Å². The minimum atomic E-state index is -0.110. The summed E-state index contributed by atoms with van der Waals surface area (Å²) in [5.41, 5.74) is 6.71. The van der Waals surface area contributed by atoms with Crippen molar-refractivity contribution in [1.29, 1.82) is 0 Å². The maximum absolute atomic E-state index is 11.9. The number of rotatable bonds is 5. The third-order valence-electron chi connectivity index (χ3n) is 3.51. The van der Waals surface area contributed by atoms with E-state index in [2.05, 4.69) is 12.2 Å². The molecule has 0 spiro atoms. The largest absolute Gasteiger partial charge is 0.399 e. The summed E-state index contributed by atoms with van der Waals surface area (Å²) in [6.07, 6.45) is 1.63. The molecule has 1 heterocycles. The molecule has 1 aliphatic rings. The maximum Gasteiger partial charge on any atom is 0.224 e. The molecule has 0 aromatic heterocycles. The molecule has 3 N–H and O–H groups in total. The van der Waals surface area contributed by atoms with E-state index in [0.29, 0.717) is 48.1 Å². The van der Waals surface area contributed by atoms with Crippen molar-refractivity contribution in [3.05, 3.63) is 23.2 Å². The standard InChI is InChI=1S/C15H20ClN3O2/c1-10-7-15(21)19(9-10)6-2-3-14(20)18-13-5-4-11(17)8-12(13)16/h4-5,8,10H,2-3,6-7,9,17H2,1H3,(H,18,20). The lowest BCUT2D eigenvalue weighted by Gasteiger charge is -2.15. The third-order valence-corrected chi connectivity index (χ3v) is 3.82. The number of anilines is 2. The molecule has 1 aromatic carbocycles. The summed E-state index contributed by atoms with van der Waals surface area (Å²) in [6.45, 7) is 3.49. The molecule has 0 saturated carbocycles. The summed E-state index contributed by atoms with van der Waals surface area (Å²) in [5.74, 6) is 0.491. The van der Waals surface area contributed by atoms with Gasteiger partial charge in [0.15, 0.2) is 0 Å². The number of halogens is 1. The van der Waals surface area contributed by atoms with Crippen molar-refractivity contribution >= 4 is 34.8 Å². The molecule has 1 unspecified atom stereocenters. The van der Waals surface area contributed by atoms with Crippen molar-refractivity contribution in [3.63, 3.8) is 0 Å². The van der Waals surface area contributed by atoms with Gasteiger partial charge in [-0.2, -0.15) is 0 Å². The monoisotopic (exact) mass is 309 g/mol. The third kappa shape index (κ3) is 4.36. The fourth-order valence-corrected chi connectivity index (χ4v) is 2.70. The molecule has 114 valence electrons. The van der Waals surface area contributed by atoms with Crippen LogP contribution < -0.4 is 11.1 Å². The average Bonchev–Trinajstić information content (AvgIpc) is 2.71. The molecule has 21 heavy (non-hydrogen) atoms. The van der Waals surface area contributed by atoms with Gasteiger partial charge in [0.05, 0.1) is 10.7 Å². The molecule has 0 radical (unpaired) electrons. The Labute approximate surface area is 129 Å². The number of nitrogens with zero attached hydrogens (tertiary/aromatic N) is 1. The lowest BCUT2D eigenvalue weighted by molar-refractivity contribution is -0.128. The summed E-state index contributed by atoms with van der Waals surface area (Å²) >= 11 is 6.00. The Morgan fingerprint density at radius 3 is 2.90 bits per heavy atom. The zero-order chi connectivity index (χ0) is 15.4. The van der Waals surface area contributed by atoms with Crippen LogP contribution in [0.1, 0.15) is 26.2 Å². The van der Waals surface area contributed by atoms with Gasteiger partial charge in [-0.3, -0.25) is 9.59 Å². The van der Waals surface area contributed by atoms with E-state index in [1.54, 1.807) is 18.2 Å². The van der Waals surface area contributed by atoms with Crippen molar-refractivity contribution < 1.29 is 9.59 Å². The highest BCUT2D eigenvalue weighted by Crippen LogP contribution is 2.24. The normalized spacial score (nSPS) is 18.1. The molecule has 2 rings (SSSR count). The minimum Gasteiger partial charge on any atom is -0.399 e. The second kappa shape index (κ2) is 6.80. The van der Waals surface area contributed by atoms with E-state index >= 15 is 0 Å². The second-order valence-electron chi connectivity index (χ2n) is 5.54. The van der Waals surface area contributed by atoms with Gasteiger partial charge in [0.25, 0.3) is 0 Å². The van der Waals surface area contributed by atoms with E-state index in [9.17, 15) is 9.59 Å². The fourth-order valence-electron chi connectivity index (χ4n) is 2.46. The van der Waals surface area contributed by atoms with Crippen LogP contribution in [-0.4, -0.2) is 29.8 Å². The summed E-state index contributed by atoms with van der Waals surface area (Å²) in [4.78, 5) is 25.3. The fraction of sp³-hybridized carbons (Fsp3) is 0.467. The van der Waals surface area contributed by atoms with Crippen LogP contribution in [0.25, 0.3) is 0 Å². The number of nitrogen functional groups attached to an aromatic ring is 1.